The highest BCUT2D eigenvalue weighted by molar-refractivity contribution is 6.16. The number of anilines is 2. The molecule has 0 bridgehead atoms. The van der Waals surface area contributed by atoms with Gasteiger partial charge in [-0.25, -0.2) is 0 Å². The minimum Gasteiger partial charge on any atom is -0.355 e. The Morgan fingerprint density at radius 1 is 0.333 bits per heavy atom. The van der Waals surface area contributed by atoms with Crippen LogP contribution in [0.2, 0.25) is 0 Å². The number of rotatable bonds is 2. The molecule has 3 aliphatic carbocycles. The van der Waals surface area contributed by atoms with Crippen LogP contribution in [-0.4, -0.2) is 0 Å². The van der Waals surface area contributed by atoms with Crippen LogP contribution in [0.15, 0.2) is 146 Å². The molecule has 0 atom stereocenters. The first-order valence-corrected chi connectivity index (χ1v) is 14.7. The molecule has 0 unspecified atom stereocenters. The van der Waals surface area contributed by atoms with Crippen LogP contribution in [0.5, 0.6) is 0 Å². The van der Waals surface area contributed by atoms with Crippen molar-refractivity contribution in [1.29, 1.82) is 0 Å². The lowest BCUT2D eigenvalue weighted by molar-refractivity contribution is 0.794. The van der Waals surface area contributed by atoms with Crippen LogP contribution in [0.3, 0.4) is 0 Å². The van der Waals surface area contributed by atoms with Gasteiger partial charge in [-0.2, -0.15) is 0 Å². The Labute approximate surface area is 244 Å². The Hall–Kier alpha value is -5.40. The van der Waals surface area contributed by atoms with Crippen molar-refractivity contribution in [2.45, 2.75) is 5.41 Å². The maximum atomic E-state index is 3.84. The van der Waals surface area contributed by atoms with Gasteiger partial charge in [0.05, 0.1) is 5.41 Å². The first-order valence-electron chi connectivity index (χ1n) is 14.7. The molecule has 194 valence electrons. The standard InChI is InChI=1S/C41H25N/c1-2-12-29-28(11-1)34-16-9-10-25-22-27(23-35(29)40(25)34)42-26-20-21-33-32-15-5-8-19-38(32)41(39(33)24-26)36-17-6-3-13-30(36)31-14-4-7-18-37(31)41/h1-24,42H. The Balaban J connectivity index is 1.18. The molecule has 10 rings (SSSR count). The van der Waals surface area contributed by atoms with E-state index >= 15 is 0 Å². The van der Waals surface area contributed by atoms with E-state index < -0.39 is 0 Å². The van der Waals surface area contributed by atoms with E-state index in [4.69, 9.17) is 0 Å². The first kappa shape index (κ1) is 22.3. The van der Waals surface area contributed by atoms with Gasteiger partial charge < -0.3 is 5.32 Å². The zero-order valence-electron chi connectivity index (χ0n) is 22.9. The van der Waals surface area contributed by atoms with Crippen molar-refractivity contribution in [3.05, 3.63) is 168 Å². The predicted octanol–water partition coefficient (Wildman–Crippen LogP) is 10.6. The SMILES string of the molecule is c1ccc2c(c1)-c1cccc3cc(Nc4ccc5c(c4)C4(c6ccccc6-c6ccccc64)c4ccccc4-5)cc-2c13. The van der Waals surface area contributed by atoms with Crippen molar-refractivity contribution in [3.8, 4) is 44.5 Å². The molecule has 1 spiro atoms. The molecule has 0 saturated carbocycles. The van der Waals surface area contributed by atoms with Crippen LogP contribution in [0.25, 0.3) is 55.3 Å². The second-order valence-electron chi connectivity index (χ2n) is 11.7. The Morgan fingerprint density at radius 2 is 0.857 bits per heavy atom. The van der Waals surface area contributed by atoms with Crippen molar-refractivity contribution >= 4 is 22.1 Å². The van der Waals surface area contributed by atoms with E-state index in [1.165, 1.54) is 77.5 Å². The average Bonchev–Trinajstić information content (AvgIpc) is 3.64. The van der Waals surface area contributed by atoms with Gasteiger partial charge in [0.25, 0.3) is 0 Å². The minimum absolute atomic E-state index is 0.331. The third-order valence-electron chi connectivity index (χ3n) is 9.77. The van der Waals surface area contributed by atoms with Crippen LogP contribution in [0.4, 0.5) is 11.4 Å². The highest BCUT2D eigenvalue weighted by Gasteiger charge is 2.51. The van der Waals surface area contributed by atoms with Gasteiger partial charge in [-0.05, 0) is 102 Å². The number of benzene rings is 7. The maximum Gasteiger partial charge on any atom is 0.0726 e. The van der Waals surface area contributed by atoms with Crippen LogP contribution in [0, 0.1) is 0 Å². The summed E-state index contributed by atoms with van der Waals surface area (Å²) in [6, 6.07) is 54.0. The lowest BCUT2D eigenvalue weighted by Gasteiger charge is -2.30. The molecule has 0 aromatic heterocycles. The third-order valence-corrected chi connectivity index (χ3v) is 9.77. The van der Waals surface area contributed by atoms with E-state index in [9.17, 15) is 0 Å². The molecule has 42 heavy (non-hydrogen) atoms. The van der Waals surface area contributed by atoms with E-state index in [0.717, 1.165) is 11.4 Å². The van der Waals surface area contributed by atoms with Gasteiger partial charge in [-0.15, -0.1) is 0 Å². The Morgan fingerprint density at radius 3 is 1.50 bits per heavy atom. The molecule has 0 heterocycles. The second kappa shape index (κ2) is 7.87. The van der Waals surface area contributed by atoms with E-state index in [1.807, 2.05) is 0 Å². The van der Waals surface area contributed by atoms with Gasteiger partial charge in [0.1, 0.15) is 0 Å². The quantitative estimate of drug-likeness (QED) is 0.234. The van der Waals surface area contributed by atoms with Gasteiger partial charge in [0.2, 0.25) is 0 Å². The van der Waals surface area contributed by atoms with Gasteiger partial charge in [0, 0.05) is 11.4 Å². The molecular formula is C41H25N. The molecule has 0 radical (unpaired) electrons. The van der Waals surface area contributed by atoms with E-state index in [1.54, 1.807) is 0 Å². The average molecular weight is 532 g/mol. The highest BCUT2D eigenvalue weighted by Crippen LogP contribution is 2.63. The molecule has 0 saturated heterocycles. The molecule has 7 aromatic carbocycles. The van der Waals surface area contributed by atoms with Gasteiger partial charge in [-0.1, -0.05) is 121 Å². The molecule has 1 N–H and O–H groups in total. The number of hydrogen-bond donors (Lipinski definition) is 1. The predicted molar refractivity (Wildman–Crippen MR) is 174 cm³/mol. The lowest BCUT2D eigenvalue weighted by Crippen LogP contribution is -2.25. The summed E-state index contributed by atoms with van der Waals surface area (Å²) in [7, 11) is 0. The highest BCUT2D eigenvalue weighted by atomic mass is 14.9. The summed E-state index contributed by atoms with van der Waals surface area (Å²) in [5.41, 5.74) is 18.0. The number of hydrogen-bond acceptors (Lipinski definition) is 1. The summed E-state index contributed by atoms with van der Waals surface area (Å²) in [6.07, 6.45) is 0. The summed E-state index contributed by atoms with van der Waals surface area (Å²) in [5.74, 6) is 0. The molecule has 7 aromatic rings. The van der Waals surface area contributed by atoms with E-state index in [0.29, 0.717) is 0 Å². The molecule has 0 fully saturated rings. The zero-order valence-corrected chi connectivity index (χ0v) is 22.9. The maximum absolute atomic E-state index is 3.84. The fourth-order valence-corrected chi connectivity index (χ4v) is 8.23. The summed E-state index contributed by atoms with van der Waals surface area (Å²) in [4.78, 5) is 0. The fourth-order valence-electron chi connectivity index (χ4n) is 8.23. The third kappa shape index (κ3) is 2.64. The largest absolute Gasteiger partial charge is 0.355 e. The zero-order chi connectivity index (χ0) is 27.4. The van der Waals surface area contributed by atoms with Crippen molar-refractivity contribution < 1.29 is 0 Å². The molecular weight excluding hydrogens is 506 g/mol. The molecule has 0 aliphatic heterocycles. The fraction of sp³-hybridized carbons (Fsp3) is 0.0244. The van der Waals surface area contributed by atoms with Gasteiger partial charge in [0.15, 0.2) is 0 Å². The van der Waals surface area contributed by atoms with Gasteiger partial charge in [-0.3, -0.25) is 0 Å². The Bertz CT molecular complexity index is 2230. The summed E-state index contributed by atoms with van der Waals surface area (Å²) < 4.78 is 0. The van der Waals surface area contributed by atoms with Gasteiger partial charge >= 0.3 is 0 Å². The van der Waals surface area contributed by atoms with Crippen LogP contribution < -0.4 is 5.32 Å². The van der Waals surface area contributed by atoms with Crippen molar-refractivity contribution in [2.24, 2.45) is 0 Å². The normalized spacial score (nSPS) is 13.9. The number of nitrogens with one attached hydrogen (secondary N) is 1. The molecule has 1 nitrogen and oxygen atoms in total. The van der Waals surface area contributed by atoms with Crippen molar-refractivity contribution in [2.75, 3.05) is 5.32 Å². The van der Waals surface area contributed by atoms with E-state index in [2.05, 4.69) is 151 Å². The van der Waals surface area contributed by atoms with E-state index in [-0.39, 0.29) is 5.41 Å². The summed E-state index contributed by atoms with van der Waals surface area (Å²) in [6.45, 7) is 0. The second-order valence-corrected chi connectivity index (χ2v) is 11.7. The smallest absolute Gasteiger partial charge is 0.0726 e. The first-order chi connectivity index (χ1) is 20.8. The van der Waals surface area contributed by atoms with Crippen LogP contribution in [-0.2, 0) is 5.41 Å². The minimum atomic E-state index is -0.331. The summed E-state index contributed by atoms with van der Waals surface area (Å²) >= 11 is 0. The van der Waals surface area contributed by atoms with Crippen molar-refractivity contribution in [1.82, 2.24) is 0 Å². The molecule has 0 amide bonds. The van der Waals surface area contributed by atoms with Crippen LogP contribution >= 0.6 is 0 Å². The van der Waals surface area contributed by atoms with Crippen LogP contribution in [0.1, 0.15) is 22.3 Å². The number of fused-ring (bicyclic) bond motifs is 13. The Kier molecular flexibility index (Phi) is 4.18. The summed E-state index contributed by atoms with van der Waals surface area (Å²) in [5, 5.41) is 6.46. The van der Waals surface area contributed by atoms with Crippen molar-refractivity contribution in [3.63, 3.8) is 0 Å². The molecule has 1 heteroatoms. The molecule has 3 aliphatic rings. The topological polar surface area (TPSA) is 12.0 Å². The lowest BCUT2D eigenvalue weighted by atomic mass is 9.70. The monoisotopic (exact) mass is 531 g/mol.